The average Bonchev–Trinajstić information content (AvgIpc) is 2.20. The summed E-state index contributed by atoms with van der Waals surface area (Å²) < 4.78 is 5.70. The van der Waals surface area contributed by atoms with Gasteiger partial charge in [0, 0.05) is 12.6 Å². The second-order valence-electron chi connectivity index (χ2n) is 4.86. The normalized spacial score (nSPS) is 26.1. The van der Waals surface area contributed by atoms with E-state index < -0.39 is 0 Å². The topological polar surface area (TPSA) is 21.3 Å². The van der Waals surface area contributed by atoms with E-state index in [2.05, 4.69) is 38.2 Å². The van der Waals surface area contributed by atoms with E-state index >= 15 is 0 Å². The molecule has 0 aromatic carbocycles. The Labute approximate surface area is 94.1 Å². The van der Waals surface area contributed by atoms with Crippen molar-refractivity contribution < 1.29 is 4.74 Å². The molecule has 2 atom stereocenters. The highest BCUT2D eigenvalue weighted by Crippen LogP contribution is 2.24. The molecule has 0 radical (unpaired) electrons. The smallest absolute Gasteiger partial charge is 0.0591 e. The van der Waals surface area contributed by atoms with E-state index in [1.807, 2.05) is 0 Å². The minimum Gasteiger partial charge on any atom is -0.380 e. The van der Waals surface area contributed by atoms with Gasteiger partial charge in [-0.3, -0.25) is 0 Å². The van der Waals surface area contributed by atoms with E-state index in [4.69, 9.17) is 4.74 Å². The van der Waals surface area contributed by atoms with E-state index in [1.54, 1.807) is 0 Å². The van der Waals surface area contributed by atoms with Gasteiger partial charge in [0.1, 0.15) is 0 Å². The lowest BCUT2D eigenvalue weighted by Gasteiger charge is -2.25. The van der Waals surface area contributed by atoms with Crippen molar-refractivity contribution in [1.29, 1.82) is 0 Å². The van der Waals surface area contributed by atoms with Crippen LogP contribution in [0.4, 0.5) is 0 Å². The molecular weight excluding hydrogens is 186 g/mol. The van der Waals surface area contributed by atoms with Crippen molar-refractivity contribution in [3.05, 3.63) is 12.2 Å². The zero-order chi connectivity index (χ0) is 11.1. The molecule has 0 fully saturated rings. The molecule has 88 valence electrons. The van der Waals surface area contributed by atoms with Gasteiger partial charge in [-0.05, 0) is 24.7 Å². The predicted molar refractivity (Wildman–Crippen MR) is 65.0 cm³/mol. The number of rotatable bonds is 6. The first-order valence-electron chi connectivity index (χ1n) is 6.16. The van der Waals surface area contributed by atoms with E-state index in [9.17, 15) is 0 Å². The number of hydrogen-bond donors (Lipinski definition) is 1. The monoisotopic (exact) mass is 211 g/mol. The lowest BCUT2D eigenvalue weighted by atomic mass is 9.85. The lowest BCUT2D eigenvalue weighted by Crippen LogP contribution is -2.28. The van der Waals surface area contributed by atoms with Gasteiger partial charge in [-0.1, -0.05) is 32.9 Å². The Balaban J connectivity index is 2.02. The summed E-state index contributed by atoms with van der Waals surface area (Å²) in [6, 6.07) is 0.560. The van der Waals surface area contributed by atoms with E-state index in [-0.39, 0.29) is 0 Å². The zero-order valence-electron chi connectivity index (χ0n) is 10.3. The zero-order valence-corrected chi connectivity index (χ0v) is 10.3. The van der Waals surface area contributed by atoms with Crippen LogP contribution < -0.4 is 5.32 Å². The van der Waals surface area contributed by atoms with Crippen molar-refractivity contribution in [3.8, 4) is 0 Å². The van der Waals surface area contributed by atoms with Crippen LogP contribution in [0, 0.1) is 11.8 Å². The van der Waals surface area contributed by atoms with Crippen LogP contribution in [-0.2, 0) is 4.74 Å². The van der Waals surface area contributed by atoms with E-state index in [0.29, 0.717) is 6.04 Å². The molecule has 1 aliphatic rings. The molecule has 1 aliphatic carbocycles. The number of ether oxygens (including phenoxy) is 1. The lowest BCUT2D eigenvalue weighted by molar-refractivity contribution is 0.0800. The summed E-state index contributed by atoms with van der Waals surface area (Å²) in [7, 11) is 0. The molecule has 0 aromatic heterocycles. The third kappa shape index (κ3) is 5.33. The molecule has 2 unspecified atom stereocenters. The van der Waals surface area contributed by atoms with Gasteiger partial charge in [-0.15, -0.1) is 0 Å². The second kappa shape index (κ2) is 7.02. The molecule has 0 bridgehead atoms. The summed E-state index contributed by atoms with van der Waals surface area (Å²) >= 11 is 0. The standard InChI is InChI=1S/C13H25NO/c1-11(2)14-8-9-15-10-13-7-5-4-6-12(13)3/h4-5,11-14H,6-10H2,1-3H3. The van der Waals surface area contributed by atoms with Gasteiger partial charge in [0.15, 0.2) is 0 Å². The summed E-state index contributed by atoms with van der Waals surface area (Å²) in [5.41, 5.74) is 0. The summed E-state index contributed by atoms with van der Waals surface area (Å²) in [6.45, 7) is 9.37. The Bertz CT molecular complexity index is 189. The quantitative estimate of drug-likeness (QED) is 0.538. The maximum atomic E-state index is 5.70. The van der Waals surface area contributed by atoms with Crippen LogP contribution in [0.2, 0.25) is 0 Å². The van der Waals surface area contributed by atoms with Crippen molar-refractivity contribution in [2.75, 3.05) is 19.8 Å². The molecule has 0 heterocycles. The van der Waals surface area contributed by atoms with Crippen molar-refractivity contribution in [2.45, 2.75) is 39.7 Å². The van der Waals surface area contributed by atoms with Gasteiger partial charge in [0.05, 0.1) is 13.2 Å². The Morgan fingerprint density at radius 2 is 2.07 bits per heavy atom. The summed E-state index contributed by atoms with van der Waals surface area (Å²) in [5, 5.41) is 3.36. The third-order valence-corrected chi connectivity index (χ3v) is 3.05. The molecule has 0 spiro atoms. The van der Waals surface area contributed by atoms with Crippen LogP contribution in [-0.4, -0.2) is 25.8 Å². The number of hydrogen-bond acceptors (Lipinski definition) is 2. The fourth-order valence-corrected chi connectivity index (χ4v) is 1.89. The molecule has 2 heteroatoms. The van der Waals surface area contributed by atoms with Gasteiger partial charge in [0.2, 0.25) is 0 Å². The molecule has 0 amide bonds. The predicted octanol–water partition coefficient (Wildman–Crippen LogP) is 2.60. The maximum absolute atomic E-state index is 5.70. The van der Waals surface area contributed by atoms with Crippen LogP contribution in [0.15, 0.2) is 12.2 Å². The number of allylic oxidation sites excluding steroid dienone is 2. The minimum absolute atomic E-state index is 0.560. The van der Waals surface area contributed by atoms with Crippen molar-refractivity contribution in [1.82, 2.24) is 5.32 Å². The van der Waals surface area contributed by atoms with Crippen molar-refractivity contribution >= 4 is 0 Å². The fraction of sp³-hybridized carbons (Fsp3) is 0.846. The largest absolute Gasteiger partial charge is 0.380 e. The Hall–Kier alpha value is -0.340. The Kier molecular flexibility index (Phi) is 5.96. The molecular formula is C13H25NO. The van der Waals surface area contributed by atoms with Gasteiger partial charge >= 0.3 is 0 Å². The SMILES string of the molecule is CC(C)NCCOCC1CC=CCC1C. The van der Waals surface area contributed by atoms with E-state index in [0.717, 1.165) is 31.6 Å². The summed E-state index contributed by atoms with van der Waals surface area (Å²) in [6.07, 6.45) is 7.00. The second-order valence-corrected chi connectivity index (χ2v) is 4.86. The Morgan fingerprint density at radius 3 is 2.73 bits per heavy atom. The molecule has 0 saturated heterocycles. The van der Waals surface area contributed by atoms with Crippen molar-refractivity contribution in [3.63, 3.8) is 0 Å². The van der Waals surface area contributed by atoms with Gasteiger partial charge in [-0.2, -0.15) is 0 Å². The molecule has 0 aliphatic heterocycles. The Morgan fingerprint density at radius 1 is 1.33 bits per heavy atom. The molecule has 0 saturated carbocycles. The van der Waals surface area contributed by atoms with Crippen LogP contribution in [0.1, 0.15) is 33.6 Å². The van der Waals surface area contributed by atoms with Crippen molar-refractivity contribution in [2.24, 2.45) is 11.8 Å². The van der Waals surface area contributed by atoms with Crippen LogP contribution >= 0.6 is 0 Å². The molecule has 15 heavy (non-hydrogen) atoms. The first-order chi connectivity index (χ1) is 7.20. The highest BCUT2D eigenvalue weighted by molar-refractivity contribution is 4.93. The first kappa shape index (κ1) is 12.7. The summed E-state index contributed by atoms with van der Waals surface area (Å²) in [5.74, 6) is 1.52. The highest BCUT2D eigenvalue weighted by atomic mass is 16.5. The molecule has 0 aromatic rings. The van der Waals surface area contributed by atoms with Crippen LogP contribution in [0.3, 0.4) is 0 Å². The molecule has 1 rings (SSSR count). The first-order valence-corrected chi connectivity index (χ1v) is 6.16. The highest BCUT2D eigenvalue weighted by Gasteiger charge is 2.17. The van der Waals surface area contributed by atoms with Crippen LogP contribution in [0.5, 0.6) is 0 Å². The van der Waals surface area contributed by atoms with Gasteiger partial charge in [0.25, 0.3) is 0 Å². The van der Waals surface area contributed by atoms with Gasteiger partial charge in [-0.25, -0.2) is 0 Å². The fourth-order valence-electron chi connectivity index (χ4n) is 1.89. The average molecular weight is 211 g/mol. The summed E-state index contributed by atoms with van der Waals surface area (Å²) in [4.78, 5) is 0. The third-order valence-electron chi connectivity index (χ3n) is 3.05. The van der Waals surface area contributed by atoms with Gasteiger partial charge < -0.3 is 10.1 Å². The molecule has 1 N–H and O–H groups in total. The molecule has 2 nitrogen and oxygen atoms in total. The van der Waals surface area contributed by atoms with Crippen LogP contribution in [0.25, 0.3) is 0 Å². The minimum atomic E-state index is 0.560. The number of nitrogens with one attached hydrogen (secondary N) is 1. The maximum Gasteiger partial charge on any atom is 0.0591 e. The van der Waals surface area contributed by atoms with E-state index in [1.165, 1.54) is 12.8 Å².